The summed E-state index contributed by atoms with van der Waals surface area (Å²) in [6, 6.07) is 8.78. The Labute approximate surface area is 151 Å². The summed E-state index contributed by atoms with van der Waals surface area (Å²) in [5, 5.41) is 2.07. The minimum atomic E-state index is -4.55. The number of nitrogens with zero attached hydrogens (tertiary/aromatic N) is 2. The van der Waals surface area contributed by atoms with Crippen LogP contribution in [0.3, 0.4) is 0 Å². The molecule has 1 aromatic heterocycles. The number of aromatic nitrogens is 1. The number of thioether (sulfide) groups is 1. The molecule has 2 amide bonds. The molecule has 1 aromatic carbocycles. The van der Waals surface area contributed by atoms with Crippen LogP contribution >= 0.6 is 11.8 Å². The minimum Gasteiger partial charge on any atom is -0.452 e. The topological polar surface area (TPSA) is 71.5 Å². The average Bonchev–Trinajstić information content (AvgIpc) is 2.60. The van der Waals surface area contributed by atoms with Crippen LogP contribution in [0.25, 0.3) is 0 Å². The van der Waals surface area contributed by atoms with Gasteiger partial charge in [0.15, 0.2) is 0 Å². The SMILES string of the molecule is COC(=O)N(C)c1ccc(NC(=O)c2cccnc2SC(F)(F)F)cc1. The third-order valence-electron chi connectivity index (χ3n) is 3.19. The molecule has 1 heterocycles. The first-order valence-corrected chi connectivity index (χ1v) is 7.97. The third kappa shape index (κ3) is 5.12. The second-order valence-corrected chi connectivity index (χ2v) is 5.99. The van der Waals surface area contributed by atoms with Gasteiger partial charge in [0.05, 0.1) is 12.7 Å². The molecule has 0 unspecified atom stereocenters. The van der Waals surface area contributed by atoms with E-state index in [0.29, 0.717) is 11.4 Å². The van der Waals surface area contributed by atoms with E-state index < -0.39 is 34.3 Å². The van der Waals surface area contributed by atoms with Gasteiger partial charge in [0.2, 0.25) is 0 Å². The normalized spacial score (nSPS) is 11.0. The number of rotatable bonds is 4. The number of benzene rings is 1. The maximum absolute atomic E-state index is 12.6. The molecule has 6 nitrogen and oxygen atoms in total. The summed E-state index contributed by atoms with van der Waals surface area (Å²) in [6.07, 6.45) is 0.619. The molecular formula is C16H14F3N3O3S. The molecule has 0 aliphatic carbocycles. The Balaban J connectivity index is 2.15. The Kier molecular flexibility index (Phi) is 6.09. The molecule has 2 rings (SSSR count). The van der Waals surface area contributed by atoms with Crippen LogP contribution in [0.2, 0.25) is 0 Å². The summed E-state index contributed by atoms with van der Waals surface area (Å²) in [4.78, 5) is 28.6. The Bertz CT molecular complexity index is 797. The molecule has 0 saturated heterocycles. The van der Waals surface area contributed by atoms with E-state index in [4.69, 9.17) is 0 Å². The zero-order chi connectivity index (χ0) is 19.3. The molecule has 0 atom stereocenters. The lowest BCUT2D eigenvalue weighted by Gasteiger charge is -2.16. The first-order chi connectivity index (χ1) is 12.2. The average molecular weight is 385 g/mol. The number of ether oxygens (including phenoxy) is 1. The number of carbonyl (C=O) groups excluding carboxylic acids is 2. The van der Waals surface area contributed by atoms with E-state index in [1.54, 1.807) is 12.1 Å². The number of anilines is 2. The zero-order valence-electron chi connectivity index (χ0n) is 13.7. The van der Waals surface area contributed by atoms with Gasteiger partial charge in [-0.1, -0.05) is 0 Å². The van der Waals surface area contributed by atoms with E-state index in [9.17, 15) is 22.8 Å². The largest absolute Gasteiger partial charge is 0.452 e. The van der Waals surface area contributed by atoms with Crippen molar-refractivity contribution >= 4 is 35.1 Å². The lowest BCUT2D eigenvalue weighted by atomic mass is 10.2. The molecule has 2 aromatic rings. The zero-order valence-corrected chi connectivity index (χ0v) is 14.5. The van der Waals surface area contributed by atoms with Crippen molar-refractivity contribution in [3.05, 3.63) is 48.2 Å². The number of hydrogen-bond donors (Lipinski definition) is 1. The third-order valence-corrected chi connectivity index (χ3v) is 3.94. The van der Waals surface area contributed by atoms with Crippen LogP contribution in [0, 0.1) is 0 Å². The molecule has 0 saturated carbocycles. The summed E-state index contributed by atoms with van der Waals surface area (Å²) in [7, 11) is 2.76. The number of alkyl halides is 3. The predicted molar refractivity (Wildman–Crippen MR) is 91.4 cm³/mol. The van der Waals surface area contributed by atoms with Gasteiger partial charge in [-0.3, -0.25) is 9.69 Å². The van der Waals surface area contributed by atoms with E-state index >= 15 is 0 Å². The number of carbonyl (C=O) groups is 2. The summed E-state index contributed by atoms with van der Waals surface area (Å²) in [5.41, 5.74) is -3.87. The van der Waals surface area contributed by atoms with E-state index in [0.717, 1.165) is 0 Å². The van der Waals surface area contributed by atoms with Crippen molar-refractivity contribution < 1.29 is 27.5 Å². The van der Waals surface area contributed by atoms with Gasteiger partial charge < -0.3 is 10.1 Å². The Hall–Kier alpha value is -2.75. The first kappa shape index (κ1) is 19.6. The van der Waals surface area contributed by atoms with Crippen molar-refractivity contribution in [2.45, 2.75) is 10.5 Å². The number of methoxy groups -OCH3 is 1. The van der Waals surface area contributed by atoms with Gasteiger partial charge >= 0.3 is 11.6 Å². The molecule has 0 bridgehead atoms. The summed E-state index contributed by atoms with van der Waals surface area (Å²) in [5.74, 6) is -0.723. The second-order valence-electron chi connectivity index (χ2n) is 4.93. The monoisotopic (exact) mass is 385 g/mol. The maximum atomic E-state index is 12.6. The molecular weight excluding hydrogens is 371 g/mol. The molecule has 0 aliphatic heterocycles. The fourth-order valence-corrected chi connectivity index (χ4v) is 2.57. The summed E-state index contributed by atoms with van der Waals surface area (Å²) < 4.78 is 42.3. The Morgan fingerprint density at radius 1 is 1.19 bits per heavy atom. The van der Waals surface area contributed by atoms with Crippen LogP contribution in [0.5, 0.6) is 0 Å². The fraction of sp³-hybridized carbons (Fsp3) is 0.188. The molecule has 26 heavy (non-hydrogen) atoms. The molecule has 1 N–H and O–H groups in total. The van der Waals surface area contributed by atoms with Crippen LogP contribution < -0.4 is 10.2 Å². The predicted octanol–water partition coefficient (Wildman–Crippen LogP) is 4.15. The number of halogens is 3. The van der Waals surface area contributed by atoms with Crippen LogP contribution in [0.4, 0.5) is 29.3 Å². The highest BCUT2D eigenvalue weighted by atomic mass is 32.2. The number of nitrogens with one attached hydrogen (secondary N) is 1. The molecule has 0 aliphatic rings. The van der Waals surface area contributed by atoms with Gasteiger partial charge in [-0.15, -0.1) is 0 Å². The highest BCUT2D eigenvalue weighted by molar-refractivity contribution is 8.00. The van der Waals surface area contributed by atoms with E-state index in [1.165, 1.54) is 49.5 Å². The molecule has 0 spiro atoms. The van der Waals surface area contributed by atoms with E-state index in [2.05, 4.69) is 15.0 Å². The number of pyridine rings is 1. The summed E-state index contributed by atoms with van der Waals surface area (Å²) in [6.45, 7) is 0. The van der Waals surface area contributed by atoms with Gasteiger partial charge in [0, 0.05) is 36.4 Å². The Morgan fingerprint density at radius 2 is 1.85 bits per heavy atom. The maximum Gasteiger partial charge on any atom is 0.447 e. The number of hydrogen-bond acceptors (Lipinski definition) is 5. The van der Waals surface area contributed by atoms with Crippen LogP contribution in [0.1, 0.15) is 10.4 Å². The van der Waals surface area contributed by atoms with Crippen molar-refractivity contribution in [1.29, 1.82) is 0 Å². The van der Waals surface area contributed by atoms with Gasteiger partial charge in [0.25, 0.3) is 5.91 Å². The highest BCUT2D eigenvalue weighted by Crippen LogP contribution is 2.37. The van der Waals surface area contributed by atoms with E-state index in [1.807, 2.05) is 0 Å². The molecule has 10 heteroatoms. The standard InChI is InChI=1S/C16H14F3N3O3S/c1-22(15(24)25-2)11-7-5-10(6-8-11)21-13(23)12-4-3-9-20-14(12)26-16(17,18)19/h3-9H,1-2H3,(H,21,23). The quantitative estimate of drug-likeness (QED) is 0.801. The lowest BCUT2D eigenvalue weighted by Crippen LogP contribution is -2.25. The van der Waals surface area contributed by atoms with Crippen LogP contribution in [0.15, 0.2) is 47.6 Å². The van der Waals surface area contributed by atoms with Crippen molar-refractivity contribution in [2.24, 2.45) is 0 Å². The van der Waals surface area contributed by atoms with Crippen LogP contribution in [-0.2, 0) is 4.74 Å². The van der Waals surface area contributed by atoms with Gasteiger partial charge in [-0.2, -0.15) is 13.2 Å². The Morgan fingerprint density at radius 3 is 2.42 bits per heavy atom. The van der Waals surface area contributed by atoms with Crippen molar-refractivity contribution in [1.82, 2.24) is 4.98 Å². The van der Waals surface area contributed by atoms with Gasteiger partial charge in [-0.25, -0.2) is 9.78 Å². The van der Waals surface area contributed by atoms with Crippen molar-refractivity contribution in [2.75, 3.05) is 24.4 Å². The van der Waals surface area contributed by atoms with Crippen LogP contribution in [-0.4, -0.2) is 36.7 Å². The highest BCUT2D eigenvalue weighted by Gasteiger charge is 2.32. The first-order valence-electron chi connectivity index (χ1n) is 7.15. The lowest BCUT2D eigenvalue weighted by molar-refractivity contribution is -0.0329. The molecule has 0 radical (unpaired) electrons. The summed E-state index contributed by atoms with van der Waals surface area (Å²) >= 11 is -0.452. The number of amides is 2. The molecule has 138 valence electrons. The van der Waals surface area contributed by atoms with Gasteiger partial charge in [0.1, 0.15) is 5.03 Å². The van der Waals surface area contributed by atoms with Crippen molar-refractivity contribution in [3.8, 4) is 0 Å². The minimum absolute atomic E-state index is 0.189. The fourth-order valence-electron chi connectivity index (χ4n) is 1.96. The smallest absolute Gasteiger partial charge is 0.447 e. The second kappa shape index (κ2) is 8.09. The van der Waals surface area contributed by atoms with Crippen molar-refractivity contribution in [3.63, 3.8) is 0 Å². The van der Waals surface area contributed by atoms with E-state index in [-0.39, 0.29) is 5.56 Å². The van der Waals surface area contributed by atoms with Gasteiger partial charge in [-0.05, 0) is 36.4 Å². The molecule has 0 fully saturated rings.